The summed E-state index contributed by atoms with van der Waals surface area (Å²) >= 11 is 0. The lowest BCUT2D eigenvalue weighted by atomic mass is 9.83. The van der Waals surface area contributed by atoms with Crippen molar-refractivity contribution in [2.75, 3.05) is 30.4 Å². The summed E-state index contributed by atoms with van der Waals surface area (Å²) in [6.07, 6.45) is 5.17. The van der Waals surface area contributed by atoms with Gasteiger partial charge in [-0.05, 0) is 77.3 Å². The molecule has 4 heterocycles. The third-order valence-electron chi connectivity index (χ3n) is 7.69. The molecular weight excluding hydrogens is 474 g/mol. The van der Waals surface area contributed by atoms with E-state index < -0.39 is 11.6 Å². The van der Waals surface area contributed by atoms with Crippen molar-refractivity contribution in [1.82, 2.24) is 19.9 Å². The van der Waals surface area contributed by atoms with Gasteiger partial charge in [0.2, 0.25) is 5.95 Å². The van der Waals surface area contributed by atoms with E-state index in [1.807, 2.05) is 31.0 Å². The highest BCUT2D eigenvalue weighted by molar-refractivity contribution is 5.73. The molecule has 196 valence electrons. The lowest BCUT2D eigenvalue weighted by Crippen LogP contribution is -2.43. The number of nitrogens with zero attached hydrogens (tertiary/aromatic N) is 5. The predicted molar refractivity (Wildman–Crippen MR) is 142 cm³/mol. The molecule has 1 fully saturated rings. The molecule has 37 heavy (non-hydrogen) atoms. The fourth-order valence-electron chi connectivity index (χ4n) is 5.40. The molecule has 5 rings (SSSR count). The molecule has 2 atom stereocenters. The van der Waals surface area contributed by atoms with Gasteiger partial charge in [0.1, 0.15) is 18.1 Å². The van der Waals surface area contributed by atoms with Crippen molar-refractivity contribution < 1.29 is 13.5 Å². The summed E-state index contributed by atoms with van der Waals surface area (Å²) in [4.78, 5) is 17.5. The van der Waals surface area contributed by atoms with Crippen LogP contribution in [0.15, 0.2) is 36.7 Å². The van der Waals surface area contributed by atoms with Gasteiger partial charge in [-0.2, -0.15) is 0 Å². The fraction of sp³-hybridized carbons (Fsp3) is 0.464. The van der Waals surface area contributed by atoms with Crippen LogP contribution in [0.5, 0.6) is 5.75 Å². The molecule has 7 nitrogen and oxygen atoms in total. The Bertz CT molecular complexity index is 1260. The Morgan fingerprint density at radius 3 is 2.46 bits per heavy atom. The smallest absolute Gasteiger partial charge is 0.229 e. The molecule has 0 radical (unpaired) electrons. The quantitative estimate of drug-likeness (QED) is 0.470. The van der Waals surface area contributed by atoms with Crippen molar-refractivity contribution in [3.8, 4) is 17.0 Å². The van der Waals surface area contributed by atoms with Crippen molar-refractivity contribution in [2.45, 2.75) is 64.6 Å². The van der Waals surface area contributed by atoms with E-state index in [0.717, 1.165) is 19.0 Å². The first-order valence-electron chi connectivity index (χ1n) is 12.9. The van der Waals surface area contributed by atoms with Crippen LogP contribution >= 0.6 is 0 Å². The van der Waals surface area contributed by atoms with E-state index in [1.165, 1.54) is 11.6 Å². The van der Waals surface area contributed by atoms with Crippen molar-refractivity contribution in [3.63, 3.8) is 0 Å². The average molecular weight is 509 g/mol. The third-order valence-corrected chi connectivity index (χ3v) is 7.69. The Hall–Kier alpha value is -3.33. The van der Waals surface area contributed by atoms with Gasteiger partial charge in [-0.3, -0.25) is 0 Å². The number of ether oxygens (including phenoxy) is 1. The minimum absolute atomic E-state index is 0.0133. The SMILES string of the molecule is CC(C)N1CCOc2c(F)cc(-c3nc(Nc4ccc(C5CC(C)N(C)C(C)C5)cn4)ncc3F)cc21. The summed E-state index contributed by atoms with van der Waals surface area (Å²) in [5.74, 6) is 0.227. The number of halogens is 2. The highest BCUT2D eigenvalue weighted by atomic mass is 19.1. The summed E-state index contributed by atoms with van der Waals surface area (Å²) in [6, 6.07) is 8.13. The van der Waals surface area contributed by atoms with E-state index in [1.54, 1.807) is 6.07 Å². The number of nitrogens with one attached hydrogen (secondary N) is 1. The van der Waals surface area contributed by atoms with Gasteiger partial charge in [0.15, 0.2) is 17.4 Å². The minimum atomic E-state index is -0.633. The maximum absolute atomic E-state index is 14.9. The first kappa shape index (κ1) is 25.3. The summed E-state index contributed by atoms with van der Waals surface area (Å²) in [7, 11) is 2.18. The molecule has 1 N–H and O–H groups in total. The van der Waals surface area contributed by atoms with Crippen LogP contribution in [-0.2, 0) is 0 Å². The van der Waals surface area contributed by atoms with Crippen LogP contribution < -0.4 is 15.0 Å². The number of benzene rings is 1. The van der Waals surface area contributed by atoms with Crippen LogP contribution in [-0.4, -0.2) is 58.2 Å². The number of aromatic nitrogens is 3. The maximum atomic E-state index is 14.9. The summed E-state index contributed by atoms with van der Waals surface area (Å²) in [6.45, 7) is 9.61. The lowest BCUT2D eigenvalue weighted by Gasteiger charge is -2.40. The number of rotatable bonds is 5. The van der Waals surface area contributed by atoms with Crippen LogP contribution in [0.2, 0.25) is 0 Å². The second kappa shape index (κ2) is 10.2. The summed E-state index contributed by atoms with van der Waals surface area (Å²) in [5.41, 5.74) is 2.14. The van der Waals surface area contributed by atoms with Gasteiger partial charge >= 0.3 is 0 Å². The maximum Gasteiger partial charge on any atom is 0.229 e. The van der Waals surface area contributed by atoms with Gasteiger partial charge in [-0.25, -0.2) is 23.7 Å². The monoisotopic (exact) mass is 508 g/mol. The van der Waals surface area contributed by atoms with Gasteiger partial charge in [-0.1, -0.05) is 6.07 Å². The summed E-state index contributed by atoms with van der Waals surface area (Å²) < 4.78 is 35.3. The van der Waals surface area contributed by atoms with Crippen molar-refractivity contribution in [3.05, 3.63) is 53.9 Å². The molecule has 0 amide bonds. The van der Waals surface area contributed by atoms with Crippen LogP contribution in [0, 0.1) is 11.6 Å². The highest BCUT2D eigenvalue weighted by Crippen LogP contribution is 2.39. The molecule has 2 aliphatic heterocycles. The normalized spacial score (nSPS) is 22.1. The molecule has 0 saturated carbocycles. The third kappa shape index (κ3) is 5.09. The number of piperidine rings is 1. The first-order chi connectivity index (χ1) is 17.7. The first-order valence-corrected chi connectivity index (χ1v) is 12.9. The molecule has 2 unspecified atom stereocenters. The fourth-order valence-corrected chi connectivity index (χ4v) is 5.40. The van der Waals surface area contributed by atoms with Crippen molar-refractivity contribution in [2.24, 2.45) is 0 Å². The molecule has 0 spiro atoms. The van der Waals surface area contributed by atoms with E-state index in [2.05, 4.69) is 52.1 Å². The standard InChI is InChI=1S/C28H34F2N6O/c1-16(2)36-8-9-37-27-22(29)12-21(13-24(27)36)26-23(30)15-32-28(34-26)33-25-7-6-19(14-31-25)20-10-17(3)35(5)18(4)11-20/h6-7,12-18,20H,8-11H2,1-5H3,(H,31,32,33,34). The number of likely N-dealkylation sites (tertiary alicyclic amines) is 1. The molecule has 0 aliphatic carbocycles. The summed E-state index contributed by atoms with van der Waals surface area (Å²) in [5, 5.41) is 3.06. The molecular formula is C28H34F2N6O. The highest BCUT2D eigenvalue weighted by Gasteiger charge is 2.29. The van der Waals surface area contributed by atoms with E-state index >= 15 is 0 Å². The number of anilines is 3. The van der Waals surface area contributed by atoms with Gasteiger partial charge in [-0.15, -0.1) is 0 Å². The zero-order valence-electron chi connectivity index (χ0n) is 22.0. The van der Waals surface area contributed by atoms with E-state index in [9.17, 15) is 8.78 Å². The van der Waals surface area contributed by atoms with E-state index in [4.69, 9.17) is 4.74 Å². The second-order valence-electron chi connectivity index (χ2n) is 10.5. The van der Waals surface area contributed by atoms with Crippen molar-refractivity contribution in [1.29, 1.82) is 0 Å². The van der Waals surface area contributed by atoms with E-state index in [0.29, 0.717) is 48.2 Å². The molecule has 1 saturated heterocycles. The molecule has 9 heteroatoms. The molecule has 2 aliphatic rings. The van der Waals surface area contributed by atoms with Crippen molar-refractivity contribution >= 4 is 17.5 Å². The number of hydrogen-bond donors (Lipinski definition) is 1. The second-order valence-corrected chi connectivity index (χ2v) is 10.5. The van der Waals surface area contributed by atoms with Crippen LogP contribution in [0.1, 0.15) is 52.0 Å². The lowest BCUT2D eigenvalue weighted by molar-refractivity contribution is 0.122. The molecule has 2 aromatic heterocycles. The van der Waals surface area contributed by atoms with Gasteiger partial charge in [0.25, 0.3) is 0 Å². The number of fused-ring (bicyclic) bond motifs is 1. The largest absolute Gasteiger partial charge is 0.486 e. The predicted octanol–water partition coefficient (Wildman–Crippen LogP) is 5.75. The molecule has 3 aromatic rings. The van der Waals surface area contributed by atoms with Gasteiger partial charge < -0.3 is 19.9 Å². The van der Waals surface area contributed by atoms with Crippen LogP contribution in [0.3, 0.4) is 0 Å². The average Bonchev–Trinajstić information content (AvgIpc) is 2.88. The molecule has 1 aromatic carbocycles. The van der Waals surface area contributed by atoms with Gasteiger partial charge in [0.05, 0.1) is 18.4 Å². The Morgan fingerprint density at radius 2 is 1.78 bits per heavy atom. The Labute approximate surface area is 216 Å². The zero-order valence-corrected chi connectivity index (χ0v) is 22.0. The van der Waals surface area contributed by atoms with Crippen LogP contribution in [0.4, 0.5) is 26.2 Å². The van der Waals surface area contributed by atoms with Crippen LogP contribution in [0.25, 0.3) is 11.3 Å². The van der Waals surface area contributed by atoms with Gasteiger partial charge in [0, 0.05) is 29.9 Å². The minimum Gasteiger partial charge on any atom is -0.486 e. The Balaban J connectivity index is 1.38. The number of hydrogen-bond acceptors (Lipinski definition) is 7. The Kier molecular flexibility index (Phi) is 6.98. The van der Waals surface area contributed by atoms with E-state index in [-0.39, 0.29) is 23.4 Å². The Morgan fingerprint density at radius 1 is 1.03 bits per heavy atom. The molecule has 0 bridgehead atoms. The zero-order chi connectivity index (χ0) is 26.3. The topological polar surface area (TPSA) is 66.4 Å². The number of pyridine rings is 1.